The van der Waals surface area contributed by atoms with Crippen molar-refractivity contribution >= 4 is 21.5 Å². The maximum atomic E-state index is 2.42. The van der Waals surface area contributed by atoms with Gasteiger partial charge in [0.15, 0.2) is 0 Å². The molecule has 0 aliphatic rings. The van der Waals surface area contributed by atoms with Crippen LogP contribution in [0.5, 0.6) is 0 Å². The highest BCUT2D eigenvalue weighted by atomic mass is 14.9. The Balaban J connectivity index is 1.47. The van der Waals surface area contributed by atoms with Gasteiger partial charge in [-0.2, -0.15) is 0 Å². The second kappa shape index (κ2) is 9.78. The van der Waals surface area contributed by atoms with Crippen molar-refractivity contribution in [1.29, 1.82) is 0 Å². The minimum atomic E-state index is 0.976. The Morgan fingerprint density at radius 3 is 1.00 bits per heavy atom. The van der Waals surface area contributed by atoms with Gasteiger partial charge in [-0.15, -0.1) is 0 Å². The van der Waals surface area contributed by atoms with E-state index in [-0.39, 0.29) is 0 Å². The van der Waals surface area contributed by atoms with E-state index in [2.05, 4.69) is 120 Å². The summed E-state index contributed by atoms with van der Waals surface area (Å²) < 4.78 is 0. The van der Waals surface area contributed by atoms with Gasteiger partial charge >= 0.3 is 0 Å². The molecule has 2 heteroatoms. The zero-order chi connectivity index (χ0) is 21.6. The Labute approximate surface area is 189 Å². The summed E-state index contributed by atoms with van der Waals surface area (Å²) in [5.74, 6) is 0. The summed E-state index contributed by atoms with van der Waals surface area (Å²) in [5, 5.41) is 10.4. The van der Waals surface area contributed by atoms with Gasteiger partial charge in [-0.05, 0) is 21.5 Å². The molecule has 158 valence electrons. The molecule has 0 radical (unpaired) electrons. The van der Waals surface area contributed by atoms with Crippen LogP contribution in [0.3, 0.4) is 0 Å². The van der Waals surface area contributed by atoms with Crippen molar-refractivity contribution in [2.75, 3.05) is 0 Å². The number of nitrogens with two attached hydrogens (primary N) is 2. The van der Waals surface area contributed by atoms with E-state index in [0.717, 1.165) is 26.2 Å². The molecule has 0 fully saturated rings. The monoisotopic (exact) mass is 418 g/mol. The fraction of sp³-hybridized carbons (Fsp3) is 0.133. The van der Waals surface area contributed by atoms with Crippen molar-refractivity contribution in [2.45, 2.75) is 26.2 Å². The van der Waals surface area contributed by atoms with E-state index < -0.39 is 0 Å². The molecule has 0 saturated carbocycles. The first-order valence-corrected chi connectivity index (χ1v) is 11.5. The SMILES string of the molecule is c1ccc(C[NH2+]Cc2c3ccccc3c(C[NH2+]Cc3ccccc3)c3ccccc23)cc1. The largest absolute Gasteiger partial charge is 0.339 e. The highest BCUT2D eigenvalue weighted by Gasteiger charge is 2.15. The van der Waals surface area contributed by atoms with Gasteiger partial charge < -0.3 is 10.6 Å². The molecule has 0 atom stereocenters. The van der Waals surface area contributed by atoms with Crippen LogP contribution in [-0.2, 0) is 26.2 Å². The Hall–Kier alpha value is -3.46. The first-order valence-electron chi connectivity index (χ1n) is 11.5. The first kappa shape index (κ1) is 20.4. The molecule has 4 N–H and O–H groups in total. The van der Waals surface area contributed by atoms with Crippen LogP contribution in [0.25, 0.3) is 21.5 Å². The second-order valence-electron chi connectivity index (χ2n) is 8.41. The number of benzene rings is 5. The molecule has 32 heavy (non-hydrogen) atoms. The van der Waals surface area contributed by atoms with E-state index in [0.29, 0.717) is 0 Å². The van der Waals surface area contributed by atoms with Crippen LogP contribution in [0.1, 0.15) is 22.3 Å². The zero-order valence-electron chi connectivity index (χ0n) is 18.4. The van der Waals surface area contributed by atoms with Crippen molar-refractivity contribution in [3.8, 4) is 0 Å². The summed E-state index contributed by atoms with van der Waals surface area (Å²) in [6.07, 6.45) is 0. The lowest BCUT2D eigenvalue weighted by atomic mass is 9.91. The molecule has 5 aromatic rings. The fourth-order valence-corrected chi connectivity index (χ4v) is 4.74. The van der Waals surface area contributed by atoms with Gasteiger partial charge in [0.05, 0.1) is 0 Å². The molecule has 2 nitrogen and oxygen atoms in total. The summed E-state index contributed by atoms with van der Waals surface area (Å²) >= 11 is 0. The first-order chi connectivity index (χ1) is 15.9. The van der Waals surface area contributed by atoms with Gasteiger partial charge in [-0.3, -0.25) is 0 Å². The number of hydrogen-bond donors (Lipinski definition) is 2. The summed E-state index contributed by atoms with van der Waals surface area (Å²) in [5.41, 5.74) is 5.62. The molecule has 0 heterocycles. The third-order valence-electron chi connectivity index (χ3n) is 6.30. The number of hydrogen-bond acceptors (Lipinski definition) is 0. The molecule has 0 spiro atoms. The van der Waals surface area contributed by atoms with E-state index in [1.807, 2.05) is 0 Å². The number of quaternary nitrogens is 2. The quantitative estimate of drug-likeness (QED) is 0.348. The molecule has 0 aliphatic heterocycles. The minimum Gasteiger partial charge on any atom is -0.339 e. The van der Waals surface area contributed by atoms with Crippen LogP contribution >= 0.6 is 0 Å². The summed E-state index contributed by atoms with van der Waals surface area (Å²) in [4.78, 5) is 0. The van der Waals surface area contributed by atoms with Crippen molar-refractivity contribution < 1.29 is 10.6 Å². The van der Waals surface area contributed by atoms with Gasteiger partial charge in [-0.1, -0.05) is 109 Å². The Kier molecular flexibility index (Phi) is 6.25. The molecule has 0 amide bonds. The third-order valence-corrected chi connectivity index (χ3v) is 6.30. The average Bonchev–Trinajstić information content (AvgIpc) is 2.86. The van der Waals surface area contributed by atoms with Crippen molar-refractivity contribution in [1.82, 2.24) is 0 Å². The highest BCUT2D eigenvalue weighted by molar-refractivity contribution is 6.05. The van der Waals surface area contributed by atoms with Crippen LogP contribution < -0.4 is 10.6 Å². The fourth-order valence-electron chi connectivity index (χ4n) is 4.74. The van der Waals surface area contributed by atoms with Crippen LogP contribution in [0.4, 0.5) is 0 Å². The zero-order valence-corrected chi connectivity index (χ0v) is 18.4. The molecule has 5 aromatic carbocycles. The van der Waals surface area contributed by atoms with E-state index in [1.165, 1.54) is 43.8 Å². The van der Waals surface area contributed by atoms with E-state index in [4.69, 9.17) is 0 Å². The molecule has 5 rings (SSSR count). The van der Waals surface area contributed by atoms with Crippen LogP contribution in [0.15, 0.2) is 109 Å². The standard InChI is InChI=1S/C30H28N2/c1-3-11-23(12-4-1)19-31-21-29-25-15-7-9-17-27(25)30(28-18-10-8-16-26(28)29)22-32-20-24-13-5-2-6-14-24/h1-18,31-32H,19-22H2/p+2. The second-order valence-corrected chi connectivity index (χ2v) is 8.41. The highest BCUT2D eigenvalue weighted by Crippen LogP contribution is 2.32. The molecular formula is C30H30N2+2. The van der Waals surface area contributed by atoms with Gasteiger partial charge in [0.25, 0.3) is 0 Å². The van der Waals surface area contributed by atoms with E-state index >= 15 is 0 Å². The lowest BCUT2D eigenvalue weighted by Crippen LogP contribution is -2.81. The smallest absolute Gasteiger partial charge is 0.103 e. The normalized spacial score (nSPS) is 11.2. The van der Waals surface area contributed by atoms with Gasteiger partial charge in [0.1, 0.15) is 26.2 Å². The van der Waals surface area contributed by atoms with Gasteiger partial charge in [0.2, 0.25) is 0 Å². The van der Waals surface area contributed by atoms with Crippen molar-refractivity contribution in [2.24, 2.45) is 0 Å². The Bertz CT molecular complexity index is 1150. The predicted molar refractivity (Wildman–Crippen MR) is 133 cm³/mol. The molecule has 0 aromatic heterocycles. The van der Waals surface area contributed by atoms with Crippen molar-refractivity contribution in [3.63, 3.8) is 0 Å². The lowest BCUT2D eigenvalue weighted by Gasteiger charge is -2.16. The van der Waals surface area contributed by atoms with E-state index in [9.17, 15) is 0 Å². The van der Waals surface area contributed by atoms with Crippen LogP contribution in [0.2, 0.25) is 0 Å². The molecular weight excluding hydrogens is 388 g/mol. The molecule has 0 saturated heterocycles. The Morgan fingerprint density at radius 1 is 0.344 bits per heavy atom. The van der Waals surface area contributed by atoms with Crippen LogP contribution in [-0.4, -0.2) is 0 Å². The maximum Gasteiger partial charge on any atom is 0.103 e. The molecule has 0 bridgehead atoms. The topological polar surface area (TPSA) is 33.2 Å². The molecule has 0 unspecified atom stereocenters. The summed E-state index contributed by atoms with van der Waals surface area (Å²) in [7, 11) is 0. The van der Waals surface area contributed by atoms with Crippen LogP contribution in [0, 0.1) is 0 Å². The van der Waals surface area contributed by atoms with Gasteiger partial charge in [-0.25, -0.2) is 0 Å². The number of fused-ring (bicyclic) bond motifs is 2. The van der Waals surface area contributed by atoms with E-state index in [1.54, 1.807) is 0 Å². The molecule has 0 aliphatic carbocycles. The minimum absolute atomic E-state index is 0.976. The predicted octanol–water partition coefficient (Wildman–Crippen LogP) is 4.52. The third kappa shape index (κ3) is 4.43. The Morgan fingerprint density at radius 2 is 0.656 bits per heavy atom. The summed E-state index contributed by atoms with van der Waals surface area (Å²) in [6.45, 7) is 3.94. The van der Waals surface area contributed by atoms with Gasteiger partial charge in [0, 0.05) is 22.3 Å². The lowest BCUT2D eigenvalue weighted by molar-refractivity contribution is -0.686. The number of rotatable bonds is 8. The maximum absolute atomic E-state index is 2.42. The average molecular weight is 419 g/mol. The summed E-state index contributed by atoms with van der Waals surface area (Å²) in [6, 6.07) is 39.4. The van der Waals surface area contributed by atoms with Crippen molar-refractivity contribution in [3.05, 3.63) is 131 Å².